The predicted molar refractivity (Wildman–Crippen MR) is 76.9 cm³/mol. The summed E-state index contributed by atoms with van der Waals surface area (Å²) in [6.07, 6.45) is 0.748. The fourth-order valence-corrected chi connectivity index (χ4v) is 3.61. The summed E-state index contributed by atoms with van der Waals surface area (Å²) < 4.78 is 26.5. The Labute approximate surface area is 120 Å². The van der Waals surface area contributed by atoms with Crippen molar-refractivity contribution in [2.24, 2.45) is 0 Å². The summed E-state index contributed by atoms with van der Waals surface area (Å²) in [5, 5.41) is 15.7. The predicted octanol–water partition coefficient (Wildman–Crippen LogP) is 0.173. The molecule has 0 aliphatic rings. The first-order chi connectivity index (χ1) is 9.34. The Balaban J connectivity index is 2.94. The monoisotopic (exact) mass is 304 g/mol. The number of aromatic nitrogens is 2. The van der Waals surface area contributed by atoms with E-state index in [1.807, 2.05) is 19.0 Å². The smallest absolute Gasteiger partial charge is 0.262 e. The average molecular weight is 304 g/mol. The normalized spacial score (nSPS) is 12.6. The van der Waals surface area contributed by atoms with Gasteiger partial charge in [0.2, 0.25) is 0 Å². The maximum atomic E-state index is 12.6. The van der Waals surface area contributed by atoms with Gasteiger partial charge < -0.3 is 10.0 Å². The Morgan fingerprint density at radius 3 is 2.45 bits per heavy atom. The molecule has 20 heavy (non-hydrogen) atoms. The van der Waals surface area contributed by atoms with Crippen molar-refractivity contribution in [3.8, 4) is 0 Å². The van der Waals surface area contributed by atoms with Crippen LogP contribution in [-0.2, 0) is 16.6 Å². The number of aliphatic hydroxyl groups excluding tert-OH is 1. The van der Waals surface area contributed by atoms with Crippen LogP contribution in [-0.4, -0.2) is 66.7 Å². The number of aromatic amines is 1. The van der Waals surface area contributed by atoms with E-state index in [-0.39, 0.29) is 11.6 Å². The highest BCUT2D eigenvalue weighted by molar-refractivity contribution is 7.89. The van der Waals surface area contributed by atoms with Crippen LogP contribution in [0.5, 0.6) is 0 Å². The zero-order valence-corrected chi connectivity index (χ0v) is 13.4. The third kappa shape index (κ3) is 3.78. The quantitative estimate of drug-likeness (QED) is 0.715. The number of hydrogen-bond donors (Lipinski definition) is 2. The molecule has 0 saturated carbocycles. The first kappa shape index (κ1) is 17.1. The summed E-state index contributed by atoms with van der Waals surface area (Å²) in [6.45, 7) is 4.79. The van der Waals surface area contributed by atoms with Gasteiger partial charge in [0.05, 0.1) is 6.61 Å². The number of nitrogens with zero attached hydrogens (tertiary/aromatic N) is 3. The summed E-state index contributed by atoms with van der Waals surface area (Å²) in [5.41, 5.74) is 0.923. The summed E-state index contributed by atoms with van der Waals surface area (Å²) in [7, 11) is 0.242. The molecule has 116 valence electrons. The number of sulfonamides is 1. The van der Waals surface area contributed by atoms with Crippen molar-refractivity contribution in [2.75, 3.05) is 33.7 Å². The van der Waals surface area contributed by atoms with E-state index in [1.165, 1.54) is 4.31 Å². The number of rotatable bonds is 8. The number of nitrogens with one attached hydrogen (secondary N) is 1. The Hall–Kier alpha value is -0.960. The van der Waals surface area contributed by atoms with Crippen molar-refractivity contribution in [3.63, 3.8) is 0 Å². The zero-order valence-electron chi connectivity index (χ0n) is 12.5. The number of aliphatic hydroxyl groups is 1. The van der Waals surface area contributed by atoms with Crippen molar-refractivity contribution in [1.82, 2.24) is 19.4 Å². The van der Waals surface area contributed by atoms with Crippen LogP contribution in [0.3, 0.4) is 0 Å². The second-order valence-corrected chi connectivity index (χ2v) is 6.80. The fourth-order valence-electron chi connectivity index (χ4n) is 1.96. The van der Waals surface area contributed by atoms with Crippen molar-refractivity contribution in [2.45, 2.75) is 31.9 Å². The molecule has 0 amide bonds. The molecule has 0 spiro atoms. The molecular formula is C12H24N4O3S. The Morgan fingerprint density at radius 2 is 1.95 bits per heavy atom. The molecule has 0 aliphatic carbocycles. The van der Waals surface area contributed by atoms with Gasteiger partial charge in [0.25, 0.3) is 10.0 Å². The van der Waals surface area contributed by atoms with Gasteiger partial charge in [-0.1, -0.05) is 6.92 Å². The molecular weight excluding hydrogens is 280 g/mol. The lowest BCUT2D eigenvalue weighted by atomic mass is 10.3. The number of aryl methyl sites for hydroxylation is 1. The summed E-state index contributed by atoms with van der Waals surface area (Å²) >= 11 is 0. The first-order valence-corrected chi connectivity index (χ1v) is 8.08. The summed E-state index contributed by atoms with van der Waals surface area (Å²) in [6, 6.07) is 0. The SMILES string of the molecule is CCN(CCCN(C)C)S(=O)(=O)c1n[nH]c(C)c1CO. The van der Waals surface area contributed by atoms with Gasteiger partial charge >= 0.3 is 0 Å². The summed E-state index contributed by atoms with van der Waals surface area (Å²) in [5.74, 6) is 0. The molecule has 0 bridgehead atoms. The first-order valence-electron chi connectivity index (χ1n) is 6.64. The molecule has 0 saturated heterocycles. The van der Waals surface area contributed by atoms with Gasteiger partial charge in [-0.25, -0.2) is 8.42 Å². The van der Waals surface area contributed by atoms with Crippen LogP contribution in [0.15, 0.2) is 5.03 Å². The van der Waals surface area contributed by atoms with Gasteiger partial charge in [0.15, 0.2) is 5.03 Å². The lowest BCUT2D eigenvalue weighted by molar-refractivity contribution is 0.277. The Morgan fingerprint density at radius 1 is 1.30 bits per heavy atom. The lowest BCUT2D eigenvalue weighted by Crippen LogP contribution is -2.34. The second kappa shape index (κ2) is 7.16. The van der Waals surface area contributed by atoms with Gasteiger partial charge in [-0.15, -0.1) is 0 Å². The van der Waals surface area contributed by atoms with Crippen LogP contribution in [0, 0.1) is 6.92 Å². The van der Waals surface area contributed by atoms with Crippen LogP contribution in [0.1, 0.15) is 24.6 Å². The molecule has 1 heterocycles. The van der Waals surface area contributed by atoms with Crippen molar-refractivity contribution >= 4 is 10.0 Å². The minimum Gasteiger partial charge on any atom is -0.392 e. The Kier molecular flexibility index (Phi) is 6.12. The number of hydrogen-bond acceptors (Lipinski definition) is 5. The van der Waals surface area contributed by atoms with E-state index < -0.39 is 10.0 Å². The molecule has 0 atom stereocenters. The van der Waals surface area contributed by atoms with E-state index >= 15 is 0 Å². The van der Waals surface area contributed by atoms with Crippen LogP contribution < -0.4 is 0 Å². The molecule has 0 aliphatic heterocycles. The van der Waals surface area contributed by atoms with E-state index in [1.54, 1.807) is 13.8 Å². The fraction of sp³-hybridized carbons (Fsp3) is 0.750. The highest BCUT2D eigenvalue weighted by atomic mass is 32.2. The van der Waals surface area contributed by atoms with Gasteiger partial charge in [-0.2, -0.15) is 9.40 Å². The van der Waals surface area contributed by atoms with E-state index in [0.717, 1.165) is 13.0 Å². The van der Waals surface area contributed by atoms with Crippen molar-refractivity contribution in [1.29, 1.82) is 0 Å². The maximum Gasteiger partial charge on any atom is 0.262 e. The molecule has 0 aromatic carbocycles. The molecule has 2 N–H and O–H groups in total. The molecule has 1 aromatic rings. The Bertz CT molecular complexity index is 525. The minimum absolute atomic E-state index is 0.0656. The van der Waals surface area contributed by atoms with Crippen LogP contribution in [0.25, 0.3) is 0 Å². The van der Waals surface area contributed by atoms with E-state index in [4.69, 9.17) is 0 Å². The molecule has 0 radical (unpaired) electrons. The van der Waals surface area contributed by atoms with E-state index in [9.17, 15) is 13.5 Å². The third-order valence-electron chi connectivity index (χ3n) is 3.14. The van der Waals surface area contributed by atoms with E-state index in [0.29, 0.717) is 24.3 Å². The van der Waals surface area contributed by atoms with Gasteiger partial charge in [-0.05, 0) is 34.0 Å². The topological polar surface area (TPSA) is 89.5 Å². The third-order valence-corrected chi connectivity index (χ3v) is 5.09. The molecule has 1 rings (SSSR count). The largest absolute Gasteiger partial charge is 0.392 e. The van der Waals surface area contributed by atoms with Gasteiger partial charge in [0, 0.05) is 24.3 Å². The zero-order chi connectivity index (χ0) is 15.3. The second-order valence-electron chi connectivity index (χ2n) is 4.94. The molecule has 0 fully saturated rings. The van der Waals surface area contributed by atoms with Crippen molar-refractivity contribution in [3.05, 3.63) is 11.3 Å². The lowest BCUT2D eigenvalue weighted by Gasteiger charge is -2.20. The van der Waals surface area contributed by atoms with Crippen LogP contribution in [0.4, 0.5) is 0 Å². The van der Waals surface area contributed by atoms with Gasteiger partial charge in [-0.3, -0.25) is 5.10 Å². The molecule has 1 aromatic heterocycles. The number of H-pyrrole nitrogens is 1. The molecule has 0 unspecified atom stereocenters. The maximum absolute atomic E-state index is 12.6. The van der Waals surface area contributed by atoms with Crippen LogP contribution in [0.2, 0.25) is 0 Å². The van der Waals surface area contributed by atoms with Crippen LogP contribution >= 0.6 is 0 Å². The highest BCUT2D eigenvalue weighted by Gasteiger charge is 2.29. The molecule has 7 nitrogen and oxygen atoms in total. The van der Waals surface area contributed by atoms with E-state index in [2.05, 4.69) is 10.2 Å². The highest BCUT2D eigenvalue weighted by Crippen LogP contribution is 2.20. The summed E-state index contributed by atoms with van der Waals surface area (Å²) in [4.78, 5) is 2.01. The van der Waals surface area contributed by atoms with Crippen molar-refractivity contribution < 1.29 is 13.5 Å². The standard InChI is InChI=1S/C12H24N4O3S/c1-5-16(8-6-7-15(3)4)20(18,19)12-11(9-17)10(2)13-14-12/h17H,5-9H2,1-4H3,(H,13,14). The average Bonchev–Trinajstić information content (AvgIpc) is 2.75. The minimum atomic E-state index is -3.66. The van der Waals surface area contributed by atoms with Gasteiger partial charge in [0.1, 0.15) is 0 Å². The molecule has 8 heteroatoms.